The molecule has 0 bridgehead atoms. The number of aryl methyl sites for hydroxylation is 1. The average Bonchev–Trinajstić information content (AvgIpc) is 2.18. The van der Waals surface area contributed by atoms with E-state index < -0.39 is 0 Å². The molecule has 0 unspecified atom stereocenters. The van der Waals surface area contributed by atoms with Gasteiger partial charge < -0.3 is 0 Å². The molecule has 1 rings (SSSR count). The molecular formula is C12H11ClN2. The molecule has 0 N–H and O–H groups in total. The van der Waals surface area contributed by atoms with Crippen LogP contribution in [0.2, 0.25) is 5.02 Å². The fourth-order valence-electron chi connectivity index (χ4n) is 1.51. The van der Waals surface area contributed by atoms with E-state index in [0.29, 0.717) is 17.0 Å². The third kappa shape index (κ3) is 2.72. The van der Waals surface area contributed by atoms with Crippen LogP contribution in [0.15, 0.2) is 12.1 Å². The summed E-state index contributed by atoms with van der Waals surface area (Å²) < 4.78 is 0. The Hall–Kier alpha value is -1.51. The van der Waals surface area contributed by atoms with Crippen LogP contribution in [-0.4, -0.2) is 0 Å². The second kappa shape index (κ2) is 5.39. The van der Waals surface area contributed by atoms with E-state index in [0.717, 1.165) is 24.0 Å². The van der Waals surface area contributed by atoms with Crippen molar-refractivity contribution in [3.8, 4) is 12.1 Å². The van der Waals surface area contributed by atoms with Gasteiger partial charge in [-0.05, 0) is 23.6 Å². The third-order valence-electron chi connectivity index (χ3n) is 2.15. The topological polar surface area (TPSA) is 47.6 Å². The number of rotatable bonds is 3. The molecule has 15 heavy (non-hydrogen) atoms. The maximum Gasteiger partial charge on any atom is 0.101 e. The van der Waals surface area contributed by atoms with Gasteiger partial charge in [0.25, 0.3) is 0 Å². The van der Waals surface area contributed by atoms with Crippen LogP contribution in [0, 0.1) is 22.7 Å². The second-order valence-electron chi connectivity index (χ2n) is 3.31. The Morgan fingerprint density at radius 1 is 1.33 bits per heavy atom. The molecule has 0 fully saturated rings. The van der Waals surface area contributed by atoms with Crippen molar-refractivity contribution in [2.24, 2.45) is 0 Å². The van der Waals surface area contributed by atoms with Crippen LogP contribution in [0.1, 0.15) is 30.0 Å². The summed E-state index contributed by atoms with van der Waals surface area (Å²) in [7, 11) is 0. The largest absolute Gasteiger partial charge is 0.198 e. The molecule has 0 aliphatic heterocycles. The van der Waals surface area contributed by atoms with Crippen LogP contribution < -0.4 is 0 Å². The molecule has 76 valence electrons. The van der Waals surface area contributed by atoms with Crippen LogP contribution in [0.25, 0.3) is 0 Å². The minimum Gasteiger partial charge on any atom is -0.198 e. The highest BCUT2D eigenvalue weighted by molar-refractivity contribution is 6.31. The van der Waals surface area contributed by atoms with Gasteiger partial charge in [-0.15, -0.1) is 0 Å². The van der Waals surface area contributed by atoms with E-state index in [9.17, 15) is 0 Å². The van der Waals surface area contributed by atoms with Gasteiger partial charge in [0.15, 0.2) is 0 Å². The van der Waals surface area contributed by atoms with Crippen molar-refractivity contribution in [1.82, 2.24) is 0 Å². The molecular weight excluding hydrogens is 208 g/mol. The quantitative estimate of drug-likeness (QED) is 0.782. The number of benzene rings is 1. The van der Waals surface area contributed by atoms with Gasteiger partial charge in [-0.2, -0.15) is 10.5 Å². The molecule has 0 atom stereocenters. The van der Waals surface area contributed by atoms with Gasteiger partial charge >= 0.3 is 0 Å². The summed E-state index contributed by atoms with van der Waals surface area (Å²) >= 11 is 5.97. The summed E-state index contributed by atoms with van der Waals surface area (Å²) in [6.07, 6.45) is 2.12. The summed E-state index contributed by atoms with van der Waals surface area (Å²) in [6, 6.07) is 7.78. The normalized spacial score (nSPS) is 9.33. The van der Waals surface area contributed by atoms with Crippen LogP contribution in [0.4, 0.5) is 0 Å². The van der Waals surface area contributed by atoms with Crippen molar-refractivity contribution in [3.05, 3.63) is 33.8 Å². The van der Waals surface area contributed by atoms with E-state index in [4.69, 9.17) is 22.1 Å². The van der Waals surface area contributed by atoms with Gasteiger partial charge in [-0.3, -0.25) is 0 Å². The van der Waals surface area contributed by atoms with Crippen molar-refractivity contribution in [2.75, 3.05) is 0 Å². The average molecular weight is 219 g/mol. The third-order valence-corrected chi connectivity index (χ3v) is 2.44. The summed E-state index contributed by atoms with van der Waals surface area (Å²) in [5.41, 5.74) is 2.36. The molecule has 0 aromatic heterocycles. The molecule has 3 heteroatoms. The summed E-state index contributed by atoms with van der Waals surface area (Å²) in [5, 5.41) is 18.0. The lowest BCUT2D eigenvalue weighted by Gasteiger charge is -2.06. The number of nitrogens with zero attached hydrogens (tertiary/aromatic N) is 2. The van der Waals surface area contributed by atoms with Gasteiger partial charge in [-0.1, -0.05) is 31.0 Å². The monoisotopic (exact) mass is 218 g/mol. The zero-order valence-electron chi connectivity index (χ0n) is 8.55. The lowest BCUT2D eigenvalue weighted by Crippen LogP contribution is -1.94. The van der Waals surface area contributed by atoms with E-state index in [-0.39, 0.29) is 0 Å². The highest BCUT2D eigenvalue weighted by atomic mass is 35.5. The number of hydrogen-bond donors (Lipinski definition) is 0. The van der Waals surface area contributed by atoms with E-state index in [1.54, 1.807) is 6.07 Å². The van der Waals surface area contributed by atoms with Crippen molar-refractivity contribution in [1.29, 1.82) is 10.5 Å². The molecule has 0 heterocycles. The van der Waals surface area contributed by atoms with E-state index in [1.165, 1.54) is 0 Å². The van der Waals surface area contributed by atoms with Gasteiger partial charge in [0.05, 0.1) is 23.1 Å². The molecule has 0 aliphatic carbocycles. The van der Waals surface area contributed by atoms with Gasteiger partial charge in [0.2, 0.25) is 0 Å². The Morgan fingerprint density at radius 3 is 2.60 bits per heavy atom. The molecule has 0 spiro atoms. The molecule has 0 radical (unpaired) electrons. The molecule has 0 aliphatic rings. The Bertz CT molecular complexity index is 438. The highest BCUT2D eigenvalue weighted by Crippen LogP contribution is 2.23. The lowest BCUT2D eigenvalue weighted by atomic mass is 10.00. The number of hydrogen-bond acceptors (Lipinski definition) is 2. The molecule has 1 aromatic rings. The van der Waals surface area contributed by atoms with E-state index in [1.807, 2.05) is 13.0 Å². The first-order chi connectivity index (χ1) is 7.22. The maximum atomic E-state index is 8.95. The predicted octanol–water partition coefficient (Wildman–Crippen LogP) is 3.23. The summed E-state index contributed by atoms with van der Waals surface area (Å²) in [6.45, 7) is 2.05. The molecule has 1 aromatic carbocycles. The van der Waals surface area contributed by atoms with Crippen LogP contribution >= 0.6 is 11.6 Å². The smallest absolute Gasteiger partial charge is 0.101 e. The Morgan fingerprint density at radius 2 is 2.07 bits per heavy atom. The number of nitriles is 2. The fourth-order valence-corrected chi connectivity index (χ4v) is 1.81. The molecule has 0 saturated heterocycles. The standard InChI is InChI=1S/C12H11ClN2/c1-2-3-10-6-9(4-5-14)7-12(13)11(10)8-15/h6-7H,2-4H2,1H3. The fraction of sp³-hybridized carbons (Fsp3) is 0.333. The first-order valence-corrected chi connectivity index (χ1v) is 5.19. The zero-order chi connectivity index (χ0) is 11.3. The van der Waals surface area contributed by atoms with Gasteiger partial charge in [0, 0.05) is 0 Å². The highest BCUT2D eigenvalue weighted by Gasteiger charge is 2.08. The Balaban J connectivity index is 3.22. The molecule has 2 nitrogen and oxygen atoms in total. The predicted molar refractivity (Wildman–Crippen MR) is 59.5 cm³/mol. The van der Waals surface area contributed by atoms with Crippen LogP contribution in [-0.2, 0) is 12.8 Å². The van der Waals surface area contributed by atoms with Crippen molar-refractivity contribution in [3.63, 3.8) is 0 Å². The molecule has 0 amide bonds. The lowest BCUT2D eigenvalue weighted by molar-refractivity contribution is 0.915. The van der Waals surface area contributed by atoms with Gasteiger partial charge in [-0.25, -0.2) is 0 Å². The SMILES string of the molecule is CCCc1cc(CC#N)cc(Cl)c1C#N. The van der Waals surface area contributed by atoms with Gasteiger partial charge in [0.1, 0.15) is 6.07 Å². The van der Waals surface area contributed by atoms with Crippen molar-refractivity contribution in [2.45, 2.75) is 26.2 Å². The van der Waals surface area contributed by atoms with Crippen LogP contribution in [0.5, 0.6) is 0 Å². The van der Waals surface area contributed by atoms with Crippen molar-refractivity contribution < 1.29 is 0 Å². The second-order valence-corrected chi connectivity index (χ2v) is 3.72. The number of halogens is 1. The van der Waals surface area contributed by atoms with Crippen LogP contribution in [0.3, 0.4) is 0 Å². The minimum atomic E-state index is 0.335. The van der Waals surface area contributed by atoms with Crippen molar-refractivity contribution >= 4 is 11.6 Å². The first kappa shape index (κ1) is 11.6. The Kier molecular flexibility index (Phi) is 4.16. The molecule has 0 saturated carbocycles. The minimum absolute atomic E-state index is 0.335. The first-order valence-electron chi connectivity index (χ1n) is 4.81. The summed E-state index contributed by atoms with van der Waals surface area (Å²) in [4.78, 5) is 0. The maximum absolute atomic E-state index is 8.95. The Labute approximate surface area is 94.7 Å². The van der Waals surface area contributed by atoms with E-state index >= 15 is 0 Å². The zero-order valence-corrected chi connectivity index (χ0v) is 9.30. The summed E-state index contributed by atoms with van der Waals surface area (Å²) in [5.74, 6) is 0. The van der Waals surface area contributed by atoms with E-state index in [2.05, 4.69) is 12.1 Å².